The molecule has 1 fully saturated rings. The standard InChI is InChI=1S/C22H30N6O4S/c1-22(2,14-32-17-8-6-7-16-19(17)20(23)27-33(30,31)26-16)25-21(29)15-9-10-24-18(13-15)28-11-4-3-5-12-28/h6-10,13,26,30-31H,3-5,11-12,14H2,1-2H3,(H2,23,27)(H,25,29). The fraction of sp³-hybridized carbons (Fsp3) is 0.409. The second kappa shape index (κ2) is 9.08. The first-order valence-corrected chi connectivity index (χ1v) is 12.3. The van der Waals surface area contributed by atoms with E-state index < -0.39 is 16.5 Å². The number of nitrogens with zero attached hydrogens (tertiary/aromatic N) is 3. The van der Waals surface area contributed by atoms with Gasteiger partial charge in [-0.05, 0) is 68.3 Å². The number of benzene rings is 1. The second-order valence-corrected chi connectivity index (χ2v) is 10.3. The largest absolute Gasteiger partial charge is 0.490 e. The van der Waals surface area contributed by atoms with Gasteiger partial charge in [0.2, 0.25) is 0 Å². The van der Waals surface area contributed by atoms with Gasteiger partial charge in [0.05, 0.1) is 16.8 Å². The Hall–Kier alpha value is -3.02. The lowest BCUT2D eigenvalue weighted by Crippen LogP contribution is -2.48. The van der Waals surface area contributed by atoms with Crippen molar-refractivity contribution in [2.24, 2.45) is 10.1 Å². The molecule has 0 radical (unpaired) electrons. The van der Waals surface area contributed by atoms with Gasteiger partial charge in [-0.2, -0.15) is 0 Å². The van der Waals surface area contributed by atoms with Crippen LogP contribution in [-0.4, -0.2) is 51.1 Å². The first kappa shape index (κ1) is 23.1. The number of rotatable bonds is 6. The van der Waals surface area contributed by atoms with Crippen molar-refractivity contribution in [1.29, 1.82) is 0 Å². The number of carbonyl (C=O) groups excluding carboxylic acids is 1. The maximum Gasteiger partial charge on any atom is 0.252 e. The van der Waals surface area contributed by atoms with E-state index in [1.807, 2.05) is 19.9 Å². The lowest BCUT2D eigenvalue weighted by molar-refractivity contribution is 0.0880. The molecule has 2 aromatic rings. The van der Waals surface area contributed by atoms with Gasteiger partial charge in [-0.25, -0.2) is 4.98 Å². The minimum absolute atomic E-state index is 0.0248. The Labute approximate surface area is 194 Å². The van der Waals surface area contributed by atoms with Gasteiger partial charge in [0.1, 0.15) is 18.2 Å². The Morgan fingerprint density at radius 2 is 2.03 bits per heavy atom. The van der Waals surface area contributed by atoms with Gasteiger partial charge < -0.3 is 20.7 Å². The van der Waals surface area contributed by atoms with E-state index >= 15 is 0 Å². The topological polar surface area (TPSA) is 145 Å². The van der Waals surface area contributed by atoms with Gasteiger partial charge in [0.15, 0.2) is 5.84 Å². The Kier molecular flexibility index (Phi) is 6.37. The lowest BCUT2D eigenvalue weighted by Gasteiger charge is -2.34. The molecule has 0 atom stereocenters. The maximum atomic E-state index is 12.9. The van der Waals surface area contributed by atoms with Gasteiger partial charge >= 0.3 is 0 Å². The Morgan fingerprint density at radius 3 is 2.79 bits per heavy atom. The molecular weight excluding hydrogens is 444 g/mol. The summed E-state index contributed by atoms with van der Waals surface area (Å²) >= 11 is 0. The molecule has 178 valence electrons. The molecule has 11 heteroatoms. The fourth-order valence-corrected chi connectivity index (χ4v) is 4.76. The highest BCUT2D eigenvalue weighted by molar-refractivity contribution is 8.24. The van der Waals surface area contributed by atoms with Crippen molar-refractivity contribution in [1.82, 2.24) is 10.3 Å². The van der Waals surface area contributed by atoms with E-state index in [4.69, 9.17) is 10.5 Å². The monoisotopic (exact) mass is 474 g/mol. The van der Waals surface area contributed by atoms with E-state index in [0.29, 0.717) is 22.6 Å². The lowest BCUT2D eigenvalue weighted by atomic mass is 10.1. The van der Waals surface area contributed by atoms with Crippen LogP contribution in [0.2, 0.25) is 0 Å². The average Bonchev–Trinajstić information content (AvgIpc) is 2.77. The van der Waals surface area contributed by atoms with Crippen LogP contribution < -0.4 is 25.4 Å². The van der Waals surface area contributed by atoms with Gasteiger partial charge in [-0.3, -0.25) is 18.6 Å². The minimum atomic E-state index is -3.37. The zero-order chi connectivity index (χ0) is 23.6. The first-order chi connectivity index (χ1) is 15.6. The predicted molar refractivity (Wildman–Crippen MR) is 131 cm³/mol. The van der Waals surface area contributed by atoms with Gasteiger partial charge in [-0.15, -0.1) is 4.40 Å². The highest BCUT2D eigenvalue weighted by Gasteiger charge is 2.27. The fourth-order valence-electron chi connectivity index (χ4n) is 3.88. The zero-order valence-corrected chi connectivity index (χ0v) is 19.6. The Balaban J connectivity index is 1.43. The summed E-state index contributed by atoms with van der Waals surface area (Å²) in [5.74, 6) is 1.01. The summed E-state index contributed by atoms with van der Waals surface area (Å²) in [6.45, 7) is 5.78. The molecule has 33 heavy (non-hydrogen) atoms. The molecule has 10 nitrogen and oxygen atoms in total. The van der Waals surface area contributed by atoms with E-state index in [-0.39, 0.29) is 18.3 Å². The zero-order valence-electron chi connectivity index (χ0n) is 18.7. The number of ether oxygens (including phenoxy) is 1. The van der Waals surface area contributed by atoms with Crippen LogP contribution in [0.5, 0.6) is 5.75 Å². The summed E-state index contributed by atoms with van der Waals surface area (Å²) in [5, 5.41) is 3.01. The van der Waals surface area contributed by atoms with Crippen molar-refractivity contribution in [3.63, 3.8) is 0 Å². The predicted octanol–water partition coefficient (Wildman–Crippen LogP) is 3.37. The summed E-state index contributed by atoms with van der Waals surface area (Å²) in [6, 6.07) is 8.61. The average molecular weight is 475 g/mol. The van der Waals surface area contributed by atoms with Crippen molar-refractivity contribution >= 4 is 34.2 Å². The van der Waals surface area contributed by atoms with Crippen LogP contribution >= 0.6 is 11.0 Å². The van der Waals surface area contributed by atoms with E-state index in [9.17, 15) is 13.9 Å². The number of amides is 1. The molecule has 0 aliphatic carbocycles. The second-order valence-electron chi connectivity index (χ2n) is 8.85. The maximum absolute atomic E-state index is 12.9. The number of piperidine rings is 1. The third-order valence-electron chi connectivity index (χ3n) is 5.48. The van der Waals surface area contributed by atoms with E-state index in [0.717, 1.165) is 31.7 Å². The van der Waals surface area contributed by atoms with Crippen LogP contribution in [-0.2, 0) is 0 Å². The third-order valence-corrected chi connectivity index (χ3v) is 6.43. The first-order valence-electron chi connectivity index (χ1n) is 10.8. The number of anilines is 2. The molecule has 4 rings (SSSR count). The van der Waals surface area contributed by atoms with Crippen LogP contribution in [0, 0.1) is 0 Å². The van der Waals surface area contributed by atoms with Crippen molar-refractivity contribution < 1.29 is 18.6 Å². The number of pyridine rings is 1. The van der Waals surface area contributed by atoms with Gasteiger partial charge in [0.25, 0.3) is 5.91 Å². The van der Waals surface area contributed by atoms with Crippen molar-refractivity contribution in [3.05, 3.63) is 47.7 Å². The molecule has 2 aliphatic rings. The number of fused-ring (bicyclic) bond motifs is 1. The number of carbonyl (C=O) groups is 1. The highest BCUT2D eigenvalue weighted by atomic mass is 32.3. The van der Waals surface area contributed by atoms with Crippen LogP contribution in [0.4, 0.5) is 11.5 Å². The molecule has 1 aromatic heterocycles. The molecule has 2 aliphatic heterocycles. The van der Waals surface area contributed by atoms with Crippen molar-refractivity contribution in [2.45, 2.75) is 38.6 Å². The quantitative estimate of drug-likeness (QED) is 0.428. The summed E-state index contributed by atoms with van der Waals surface area (Å²) in [7, 11) is -3.37. The molecule has 1 amide bonds. The molecular formula is C22H30N6O4S. The molecule has 0 unspecified atom stereocenters. The summed E-state index contributed by atoms with van der Waals surface area (Å²) in [6.07, 6.45) is 5.16. The molecule has 0 bridgehead atoms. The van der Waals surface area contributed by atoms with Crippen LogP contribution in [0.15, 0.2) is 40.9 Å². The molecule has 0 saturated carbocycles. The molecule has 1 aromatic carbocycles. The van der Waals surface area contributed by atoms with E-state index in [1.165, 1.54) is 6.42 Å². The summed E-state index contributed by atoms with van der Waals surface area (Å²) < 4.78 is 31.9. The number of nitrogens with two attached hydrogens (primary N) is 1. The van der Waals surface area contributed by atoms with Crippen molar-refractivity contribution in [2.75, 3.05) is 29.3 Å². The van der Waals surface area contributed by atoms with Crippen LogP contribution in [0.3, 0.4) is 0 Å². The minimum Gasteiger partial charge on any atom is -0.490 e. The highest BCUT2D eigenvalue weighted by Crippen LogP contribution is 2.46. The molecule has 1 saturated heterocycles. The molecule has 3 heterocycles. The summed E-state index contributed by atoms with van der Waals surface area (Å²) in [5.41, 5.74) is 6.66. The number of nitrogens with one attached hydrogen (secondary N) is 2. The number of hydrogen-bond donors (Lipinski definition) is 5. The smallest absolute Gasteiger partial charge is 0.252 e. The van der Waals surface area contributed by atoms with E-state index in [1.54, 1.807) is 30.5 Å². The van der Waals surface area contributed by atoms with Gasteiger partial charge in [0, 0.05) is 24.8 Å². The van der Waals surface area contributed by atoms with E-state index in [2.05, 4.69) is 24.3 Å². The van der Waals surface area contributed by atoms with Crippen LogP contribution in [0.1, 0.15) is 49.0 Å². The SMILES string of the molecule is CC(C)(COc1cccc2c1C(N)=NS(O)(O)N2)NC(=O)c1ccnc(N2CCCCC2)c1. The Morgan fingerprint density at radius 1 is 1.27 bits per heavy atom. The van der Waals surface area contributed by atoms with Crippen LogP contribution in [0.25, 0.3) is 0 Å². The molecule has 0 spiro atoms. The Bertz CT molecular complexity index is 1070. The van der Waals surface area contributed by atoms with Crippen molar-refractivity contribution in [3.8, 4) is 5.75 Å². The summed E-state index contributed by atoms with van der Waals surface area (Å²) in [4.78, 5) is 19.6. The third kappa shape index (κ3) is 5.49. The number of hydrogen-bond acceptors (Lipinski definition) is 9. The van der Waals surface area contributed by atoms with Gasteiger partial charge in [-0.1, -0.05) is 6.07 Å². The number of amidine groups is 1. The molecule has 6 N–H and O–H groups in total. The number of aromatic nitrogens is 1. The normalized spacial score (nSPS) is 18.4.